The molecule has 2 heterocycles. The molecule has 1 N–H and O–H groups in total. The Morgan fingerprint density at radius 3 is 2.78 bits per heavy atom. The van der Waals surface area contributed by atoms with Gasteiger partial charge < -0.3 is 10.1 Å². The molecule has 6 heteroatoms. The quantitative estimate of drug-likeness (QED) is 0.788. The van der Waals surface area contributed by atoms with Crippen LogP contribution < -0.4 is 5.32 Å². The molecular weight excluding hydrogens is 263 g/mol. The summed E-state index contributed by atoms with van der Waals surface area (Å²) in [6.07, 6.45) is -2.08. The number of halogens is 3. The molecule has 0 saturated heterocycles. The van der Waals surface area contributed by atoms with Crippen LogP contribution >= 0.6 is 11.3 Å². The Balaban J connectivity index is 2.15. The van der Waals surface area contributed by atoms with Gasteiger partial charge in [-0.3, -0.25) is 0 Å². The zero-order chi connectivity index (χ0) is 13.0. The van der Waals surface area contributed by atoms with Crippen LogP contribution in [0.3, 0.4) is 0 Å². The van der Waals surface area contributed by atoms with Crippen LogP contribution in [0.2, 0.25) is 0 Å². The smallest absolute Gasteiger partial charge is 0.380 e. The Morgan fingerprint density at radius 2 is 2.00 bits per heavy atom. The lowest BCUT2D eigenvalue weighted by molar-refractivity contribution is -0.134. The van der Waals surface area contributed by atoms with Crippen molar-refractivity contribution in [2.45, 2.75) is 25.4 Å². The highest BCUT2D eigenvalue weighted by molar-refractivity contribution is 7.12. The van der Waals surface area contributed by atoms with Crippen molar-refractivity contribution in [1.82, 2.24) is 5.32 Å². The molecule has 2 rings (SSSR count). The fourth-order valence-electron chi connectivity index (χ4n) is 1.96. The summed E-state index contributed by atoms with van der Waals surface area (Å²) in [6.45, 7) is 2.73. The van der Waals surface area contributed by atoms with Crippen molar-refractivity contribution in [3.63, 3.8) is 0 Å². The van der Waals surface area contributed by atoms with E-state index in [0.29, 0.717) is 26.1 Å². The van der Waals surface area contributed by atoms with Gasteiger partial charge in [0.05, 0.1) is 13.2 Å². The first kappa shape index (κ1) is 13.8. The molecule has 0 saturated carbocycles. The maximum absolute atomic E-state index is 12.7. The summed E-state index contributed by atoms with van der Waals surface area (Å²) in [7, 11) is 0. The van der Waals surface area contributed by atoms with E-state index in [2.05, 4.69) is 5.32 Å². The fourth-order valence-corrected chi connectivity index (χ4v) is 3.08. The largest absolute Gasteiger partial charge is 0.425 e. The Kier molecular flexibility index (Phi) is 4.64. The van der Waals surface area contributed by atoms with Crippen LogP contribution in [0, 0.1) is 0 Å². The summed E-state index contributed by atoms with van der Waals surface area (Å²) in [5, 5.41) is 3.21. The Bertz CT molecular complexity index is 362. The highest BCUT2D eigenvalue weighted by Crippen LogP contribution is 2.37. The lowest BCUT2D eigenvalue weighted by Crippen LogP contribution is -2.21. The normalized spacial score (nSPS) is 19.1. The maximum Gasteiger partial charge on any atom is 0.425 e. The molecule has 1 aliphatic rings. The van der Waals surface area contributed by atoms with E-state index < -0.39 is 11.1 Å². The number of nitrogens with one attached hydrogen (secondary N) is 1. The molecule has 1 aromatic heterocycles. The van der Waals surface area contributed by atoms with Crippen molar-refractivity contribution in [3.8, 4) is 0 Å². The number of ether oxygens (including phenoxy) is 1. The Hall–Kier alpha value is -0.590. The monoisotopic (exact) mass is 279 g/mol. The van der Waals surface area contributed by atoms with Crippen molar-refractivity contribution in [2.24, 2.45) is 0 Å². The fraction of sp³-hybridized carbons (Fsp3) is 0.667. The summed E-state index contributed by atoms with van der Waals surface area (Å²) in [4.78, 5) is 0.368. The van der Waals surface area contributed by atoms with Gasteiger partial charge in [0.2, 0.25) is 0 Å². The summed E-state index contributed by atoms with van der Waals surface area (Å²) in [5.41, 5.74) is 0.800. The maximum atomic E-state index is 12.7. The van der Waals surface area contributed by atoms with E-state index in [4.69, 9.17) is 4.74 Å². The van der Waals surface area contributed by atoms with Crippen molar-refractivity contribution in [1.29, 1.82) is 0 Å². The molecule has 0 bridgehead atoms. The highest BCUT2D eigenvalue weighted by Gasteiger charge is 2.33. The average Bonchev–Trinajstić information content (AvgIpc) is 2.68. The summed E-state index contributed by atoms with van der Waals surface area (Å²) >= 11 is 0.879. The van der Waals surface area contributed by atoms with Crippen molar-refractivity contribution in [3.05, 3.63) is 21.4 Å². The number of hydrogen-bond acceptors (Lipinski definition) is 3. The number of aryl methyl sites for hydroxylation is 1. The molecule has 0 aliphatic carbocycles. The third-order valence-corrected chi connectivity index (χ3v) is 4.15. The molecule has 0 amide bonds. The number of hydrogen-bond donors (Lipinski definition) is 1. The zero-order valence-corrected chi connectivity index (χ0v) is 10.8. The van der Waals surface area contributed by atoms with Crippen molar-refractivity contribution in [2.75, 3.05) is 26.3 Å². The van der Waals surface area contributed by atoms with E-state index >= 15 is 0 Å². The van der Waals surface area contributed by atoms with Crippen molar-refractivity contribution < 1.29 is 17.9 Å². The van der Waals surface area contributed by atoms with Gasteiger partial charge in [0.15, 0.2) is 0 Å². The van der Waals surface area contributed by atoms with Crippen LogP contribution in [0.5, 0.6) is 0 Å². The zero-order valence-electron chi connectivity index (χ0n) is 9.98. The molecular formula is C12H16F3NOS. The first-order valence-corrected chi connectivity index (χ1v) is 6.86. The van der Waals surface area contributed by atoms with Crippen LogP contribution in [0.1, 0.15) is 21.7 Å². The summed E-state index contributed by atoms with van der Waals surface area (Å²) in [6, 6.07) is 1.29. The van der Waals surface area contributed by atoms with Gasteiger partial charge >= 0.3 is 6.18 Å². The second-order valence-electron chi connectivity index (χ2n) is 4.27. The van der Waals surface area contributed by atoms with Gasteiger partial charge in [-0.25, -0.2) is 0 Å². The Labute approximate surface area is 108 Å². The molecule has 2 nitrogen and oxygen atoms in total. The molecule has 102 valence electrons. The van der Waals surface area contributed by atoms with Gasteiger partial charge in [-0.05, 0) is 37.4 Å². The third-order valence-electron chi connectivity index (χ3n) is 2.87. The first-order valence-electron chi connectivity index (χ1n) is 6.04. The van der Waals surface area contributed by atoms with Crippen molar-refractivity contribution >= 4 is 11.3 Å². The lowest BCUT2D eigenvalue weighted by Gasteiger charge is -2.03. The predicted octanol–water partition coefficient (Wildman–Crippen LogP) is 2.86. The van der Waals surface area contributed by atoms with E-state index in [1.165, 1.54) is 6.07 Å². The molecule has 0 atom stereocenters. The number of alkyl halides is 3. The van der Waals surface area contributed by atoms with Gasteiger partial charge in [-0.15, -0.1) is 11.3 Å². The van der Waals surface area contributed by atoms with Crippen LogP contribution in [0.4, 0.5) is 13.2 Å². The van der Waals surface area contributed by atoms with E-state index in [1.807, 2.05) is 0 Å². The van der Waals surface area contributed by atoms with Crippen LogP contribution in [0.15, 0.2) is 6.07 Å². The van der Waals surface area contributed by atoms with Gasteiger partial charge in [0.25, 0.3) is 0 Å². The molecule has 1 aliphatic heterocycles. The number of fused-ring (bicyclic) bond motifs is 1. The van der Waals surface area contributed by atoms with E-state index in [0.717, 1.165) is 41.3 Å². The minimum absolute atomic E-state index is 0.488. The molecule has 0 radical (unpaired) electrons. The van der Waals surface area contributed by atoms with Gasteiger partial charge in [0, 0.05) is 11.4 Å². The standard InChI is InChI=1S/C12H16F3NOS/c13-12(14,15)11-8-9-3-6-17-7-5-16-4-1-2-10(9)18-11/h8,16H,1-7H2. The molecule has 0 aromatic carbocycles. The Morgan fingerprint density at radius 1 is 1.17 bits per heavy atom. The van der Waals surface area contributed by atoms with E-state index in [1.54, 1.807) is 0 Å². The average molecular weight is 279 g/mol. The predicted molar refractivity (Wildman–Crippen MR) is 65.0 cm³/mol. The minimum atomic E-state index is -4.23. The molecule has 1 aromatic rings. The third kappa shape index (κ3) is 3.70. The number of thiophene rings is 1. The lowest BCUT2D eigenvalue weighted by atomic mass is 10.1. The van der Waals surface area contributed by atoms with E-state index in [-0.39, 0.29) is 0 Å². The van der Waals surface area contributed by atoms with E-state index in [9.17, 15) is 13.2 Å². The van der Waals surface area contributed by atoms with Gasteiger partial charge in [0.1, 0.15) is 4.88 Å². The molecule has 18 heavy (non-hydrogen) atoms. The summed E-state index contributed by atoms with van der Waals surface area (Å²) < 4.78 is 43.4. The molecule has 0 spiro atoms. The molecule has 0 unspecified atom stereocenters. The number of rotatable bonds is 0. The van der Waals surface area contributed by atoms with Crippen LogP contribution in [0.25, 0.3) is 0 Å². The second-order valence-corrected chi connectivity index (χ2v) is 5.41. The highest BCUT2D eigenvalue weighted by atomic mass is 32.1. The van der Waals surface area contributed by atoms with Gasteiger partial charge in [-0.2, -0.15) is 13.2 Å². The molecule has 0 fully saturated rings. The second kappa shape index (κ2) is 6.04. The van der Waals surface area contributed by atoms with Crippen LogP contribution in [-0.2, 0) is 23.8 Å². The topological polar surface area (TPSA) is 21.3 Å². The van der Waals surface area contributed by atoms with Crippen LogP contribution in [-0.4, -0.2) is 26.3 Å². The summed E-state index contributed by atoms with van der Waals surface area (Å²) in [5.74, 6) is 0. The van der Waals surface area contributed by atoms with Gasteiger partial charge in [-0.1, -0.05) is 0 Å². The first-order chi connectivity index (χ1) is 8.57. The SMILES string of the molecule is FC(F)(F)c1cc2c(s1)CCCNCCOCC2. The minimum Gasteiger partial charge on any atom is -0.380 e.